The number of rotatable bonds is 5. The number of amides is 1. The standard InChI is InChI=1S/C19H23ClN4O/c1-15(19(25)22-18-8-7-17(20)13-21-18)24-11-9-23(10-12-24)14-16-5-3-2-4-6-16/h2-8,13,15H,9-12,14H2,1H3,(H,21,22,25)/t15-/m1/s1. The van der Waals surface area contributed by atoms with Gasteiger partial charge in [0.2, 0.25) is 5.91 Å². The monoisotopic (exact) mass is 358 g/mol. The fourth-order valence-electron chi connectivity index (χ4n) is 3.00. The van der Waals surface area contributed by atoms with Crippen molar-refractivity contribution < 1.29 is 4.79 Å². The lowest BCUT2D eigenvalue weighted by atomic mass is 10.1. The van der Waals surface area contributed by atoms with Crippen molar-refractivity contribution in [1.82, 2.24) is 14.8 Å². The molecule has 2 aromatic rings. The number of anilines is 1. The Kier molecular flexibility index (Phi) is 6.02. The van der Waals surface area contributed by atoms with Crippen molar-refractivity contribution in [2.45, 2.75) is 19.5 Å². The van der Waals surface area contributed by atoms with E-state index in [1.807, 2.05) is 13.0 Å². The van der Waals surface area contributed by atoms with E-state index in [0.29, 0.717) is 10.8 Å². The van der Waals surface area contributed by atoms with Crippen LogP contribution in [0.2, 0.25) is 5.02 Å². The second-order valence-electron chi connectivity index (χ2n) is 6.32. The molecule has 0 saturated carbocycles. The maximum atomic E-state index is 12.4. The predicted octanol–water partition coefficient (Wildman–Crippen LogP) is 2.88. The normalized spacial score (nSPS) is 17.2. The molecule has 1 aromatic heterocycles. The molecule has 1 saturated heterocycles. The van der Waals surface area contributed by atoms with Gasteiger partial charge in [0.15, 0.2) is 0 Å². The molecule has 5 nitrogen and oxygen atoms in total. The average Bonchev–Trinajstić information content (AvgIpc) is 2.64. The van der Waals surface area contributed by atoms with Crippen molar-refractivity contribution in [3.63, 3.8) is 0 Å². The number of aromatic nitrogens is 1. The molecule has 1 aliphatic rings. The summed E-state index contributed by atoms with van der Waals surface area (Å²) in [6.45, 7) is 6.60. The first-order valence-electron chi connectivity index (χ1n) is 8.54. The highest BCUT2D eigenvalue weighted by Crippen LogP contribution is 2.13. The molecule has 3 rings (SSSR count). The van der Waals surface area contributed by atoms with Gasteiger partial charge in [-0.2, -0.15) is 0 Å². The van der Waals surface area contributed by atoms with Crippen molar-refractivity contribution in [1.29, 1.82) is 0 Å². The first-order valence-corrected chi connectivity index (χ1v) is 8.92. The zero-order valence-electron chi connectivity index (χ0n) is 14.4. The molecule has 0 unspecified atom stereocenters. The van der Waals surface area contributed by atoms with Crippen LogP contribution < -0.4 is 5.32 Å². The third-order valence-electron chi connectivity index (χ3n) is 4.56. The Labute approximate surface area is 153 Å². The van der Waals surface area contributed by atoms with E-state index in [1.165, 1.54) is 11.8 Å². The SMILES string of the molecule is C[C@H](C(=O)Nc1ccc(Cl)cn1)N1CCN(Cc2ccccc2)CC1. The van der Waals surface area contributed by atoms with E-state index in [1.54, 1.807) is 12.1 Å². The quantitative estimate of drug-likeness (QED) is 0.892. The molecule has 2 heterocycles. The molecule has 1 aliphatic heterocycles. The van der Waals surface area contributed by atoms with E-state index in [2.05, 4.69) is 44.4 Å². The number of hydrogen-bond donors (Lipinski definition) is 1. The zero-order valence-corrected chi connectivity index (χ0v) is 15.1. The lowest BCUT2D eigenvalue weighted by Crippen LogP contribution is -2.52. The Balaban J connectivity index is 1.48. The van der Waals surface area contributed by atoms with Gasteiger partial charge in [-0.25, -0.2) is 4.98 Å². The highest BCUT2D eigenvalue weighted by atomic mass is 35.5. The molecular weight excluding hydrogens is 336 g/mol. The van der Waals surface area contributed by atoms with Gasteiger partial charge < -0.3 is 5.32 Å². The van der Waals surface area contributed by atoms with E-state index in [-0.39, 0.29) is 11.9 Å². The van der Waals surface area contributed by atoms with Crippen LogP contribution in [0.4, 0.5) is 5.82 Å². The van der Waals surface area contributed by atoms with Gasteiger partial charge in [-0.15, -0.1) is 0 Å². The lowest BCUT2D eigenvalue weighted by molar-refractivity contribution is -0.121. The highest BCUT2D eigenvalue weighted by molar-refractivity contribution is 6.30. The van der Waals surface area contributed by atoms with E-state index in [9.17, 15) is 4.79 Å². The van der Waals surface area contributed by atoms with Crippen LogP contribution in [0.5, 0.6) is 0 Å². The Bertz CT molecular complexity index is 684. The lowest BCUT2D eigenvalue weighted by Gasteiger charge is -2.37. The van der Waals surface area contributed by atoms with Crippen molar-refractivity contribution in [2.75, 3.05) is 31.5 Å². The van der Waals surface area contributed by atoms with Crippen LogP contribution in [0.3, 0.4) is 0 Å². The van der Waals surface area contributed by atoms with Crippen LogP contribution in [0.15, 0.2) is 48.7 Å². The largest absolute Gasteiger partial charge is 0.309 e. The molecule has 1 fully saturated rings. The molecular formula is C19H23ClN4O. The first-order chi connectivity index (χ1) is 12.1. The van der Waals surface area contributed by atoms with E-state index < -0.39 is 0 Å². The van der Waals surface area contributed by atoms with Crippen LogP contribution in [-0.4, -0.2) is 52.9 Å². The van der Waals surface area contributed by atoms with Crippen LogP contribution in [0, 0.1) is 0 Å². The molecule has 1 aromatic carbocycles. The van der Waals surface area contributed by atoms with Gasteiger partial charge in [-0.3, -0.25) is 14.6 Å². The van der Waals surface area contributed by atoms with Crippen molar-refractivity contribution in [3.05, 3.63) is 59.2 Å². The van der Waals surface area contributed by atoms with Crippen molar-refractivity contribution in [3.8, 4) is 0 Å². The van der Waals surface area contributed by atoms with Gasteiger partial charge in [-0.05, 0) is 24.6 Å². The minimum Gasteiger partial charge on any atom is -0.309 e. The summed E-state index contributed by atoms with van der Waals surface area (Å²) < 4.78 is 0. The summed E-state index contributed by atoms with van der Waals surface area (Å²) in [5.74, 6) is 0.496. The summed E-state index contributed by atoms with van der Waals surface area (Å²) in [7, 11) is 0. The molecule has 1 atom stereocenters. The third-order valence-corrected chi connectivity index (χ3v) is 4.79. The summed E-state index contributed by atoms with van der Waals surface area (Å²) in [6.07, 6.45) is 1.53. The highest BCUT2D eigenvalue weighted by Gasteiger charge is 2.25. The van der Waals surface area contributed by atoms with Gasteiger partial charge in [-0.1, -0.05) is 41.9 Å². The van der Waals surface area contributed by atoms with Gasteiger partial charge in [0, 0.05) is 38.9 Å². The number of carbonyl (C=O) groups is 1. The Morgan fingerprint density at radius 3 is 2.52 bits per heavy atom. The summed E-state index contributed by atoms with van der Waals surface area (Å²) in [6, 6.07) is 13.7. The fourth-order valence-corrected chi connectivity index (χ4v) is 3.11. The van der Waals surface area contributed by atoms with E-state index in [0.717, 1.165) is 32.7 Å². The molecule has 1 amide bonds. The Hall–Kier alpha value is -1.95. The average molecular weight is 359 g/mol. The van der Waals surface area contributed by atoms with Crippen LogP contribution >= 0.6 is 11.6 Å². The number of halogens is 1. The minimum absolute atomic E-state index is 0.0358. The van der Waals surface area contributed by atoms with E-state index >= 15 is 0 Å². The molecule has 0 bridgehead atoms. The summed E-state index contributed by atoms with van der Waals surface area (Å²) in [5.41, 5.74) is 1.33. The van der Waals surface area contributed by atoms with Crippen molar-refractivity contribution >= 4 is 23.3 Å². The number of pyridine rings is 1. The Morgan fingerprint density at radius 1 is 1.16 bits per heavy atom. The molecule has 0 aliphatic carbocycles. The van der Waals surface area contributed by atoms with Gasteiger partial charge in [0.05, 0.1) is 11.1 Å². The molecule has 6 heteroatoms. The molecule has 25 heavy (non-hydrogen) atoms. The predicted molar refractivity (Wildman–Crippen MR) is 101 cm³/mol. The van der Waals surface area contributed by atoms with Crippen LogP contribution in [0.1, 0.15) is 12.5 Å². The van der Waals surface area contributed by atoms with E-state index in [4.69, 9.17) is 11.6 Å². The number of nitrogens with one attached hydrogen (secondary N) is 1. The molecule has 1 N–H and O–H groups in total. The maximum Gasteiger partial charge on any atom is 0.242 e. The number of carbonyl (C=O) groups excluding carboxylic acids is 1. The first kappa shape index (κ1) is 17.9. The van der Waals surface area contributed by atoms with Gasteiger partial charge in [0.1, 0.15) is 5.82 Å². The number of benzene rings is 1. The topological polar surface area (TPSA) is 48.5 Å². The van der Waals surface area contributed by atoms with Crippen LogP contribution in [0.25, 0.3) is 0 Å². The molecule has 0 radical (unpaired) electrons. The number of hydrogen-bond acceptors (Lipinski definition) is 4. The smallest absolute Gasteiger partial charge is 0.242 e. The minimum atomic E-state index is -0.184. The number of piperazine rings is 1. The molecule has 0 spiro atoms. The zero-order chi connectivity index (χ0) is 17.6. The second-order valence-corrected chi connectivity index (χ2v) is 6.76. The summed E-state index contributed by atoms with van der Waals surface area (Å²) in [5, 5.41) is 3.41. The van der Waals surface area contributed by atoms with Gasteiger partial charge >= 0.3 is 0 Å². The Morgan fingerprint density at radius 2 is 1.88 bits per heavy atom. The van der Waals surface area contributed by atoms with Crippen molar-refractivity contribution in [2.24, 2.45) is 0 Å². The summed E-state index contributed by atoms with van der Waals surface area (Å²) in [4.78, 5) is 21.2. The fraction of sp³-hybridized carbons (Fsp3) is 0.368. The van der Waals surface area contributed by atoms with Crippen LogP contribution in [-0.2, 0) is 11.3 Å². The number of nitrogens with zero attached hydrogens (tertiary/aromatic N) is 3. The second kappa shape index (κ2) is 8.43. The maximum absolute atomic E-state index is 12.4. The molecule has 132 valence electrons. The third kappa shape index (κ3) is 5.01. The summed E-state index contributed by atoms with van der Waals surface area (Å²) >= 11 is 5.82. The van der Waals surface area contributed by atoms with Gasteiger partial charge in [0.25, 0.3) is 0 Å².